The molecule has 0 aliphatic rings. The Labute approximate surface area is 145 Å². The van der Waals surface area contributed by atoms with E-state index in [1.165, 1.54) is 89.0 Å². The molecule has 0 fully saturated rings. The van der Waals surface area contributed by atoms with E-state index in [9.17, 15) is 4.79 Å². The van der Waals surface area contributed by atoms with Crippen LogP contribution >= 0.6 is 0 Å². The van der Waals surface area contributed by atoms with Crippen molar-refractivity contribution >= 4 is 5.97 Å². The minimum absolute atomic E-state index is 0.731. The predicted molar refractivity (Wildman–Crippen MR) is 101 cm³/mol. The summed E-state index contributed by atoms with van der Waals surface area (Å²) in [4.78, 5) is 9.57. The number of carboxylic acids is 1. The summed E-state index contributed by atoms with van der Waals surface area (Å²) < 4.78 is 1.42. The number of unbranched alkanes of at least 4 members (excludes halogenated alkanes) is 4. The molecule has 0 rings (SSSR count). The average molecular weight is 332 g/mol. The molecule has 0 aliphatic heterocycles. The SMILES string of the molecule is CCCC[N+](CCCC)(CCCC)CCCC.C[C@H](N)C(=O)O. The lowest BCUT2D eigenvalue weighted by atomic mass is 10.1. The second-order valence-corrected chi connectivity index (χ2v) is 6.78. The molecule has 0 aromatic carbocycles. The van der Waals surface area contributed by atoms with Gasteiger partial charge in [-0.25, -0.2) is 0 Å². The third-order valence-electron chi connectivity index (χ3n) is 4.33. The second-order valence-electron chi connectivity index (χ2n) is 6.78. The predicted octanol–water partition coefficient (Wildman–Crippen LogP) is 4.42. The van der Waals surface area contributed by atoms with E-state index in [0.717, 1.165) is 0 Å². The Balaban J connectivity index is 0. The van der Waals surface area contributed by atoms with Gasteiger partial charge in [0.25, 0.3) is 0 Å². The molecule has 0 spiro atoms. The van der Waals surface area contributed by atoms with Crippen molar-refractivity contribution in [2.24, 2.45) is 5.73 Å². The van der Waals surface area contributed by atoms with Crippen molar-refractivity contribution in [3.05, 3.63) is 0 Å². The van der Waals surface area contributed by atoms with Crippen LogP contribution in [0.5, 0.6) is 0 Å². The lowest BCUT2D eigenvalue weighted by molar-refractivity contribution is -0.929. The zero-order chi connectivity index (χ0) is 18.1. The first kappa shape index (κ1) is 24.6. The summed E-state index contributed by atoms with van der Waals surface area (Å²) in [6.45, 7) is 16.4. The summed E-state index contributed by atoms with van der Waals surface area (Å²) in [7, 11) is 0. The Morgan fingerprint density at radius 2 is 1.04 bits per heavy atom. The van der Waals surface area contributed by atoms with Gasteiger partial charge in [-0.3, -0.25) is 4.79 Å². The fraction of sp³-hybridized carbons (Fsp3) is 0.947. The molecule has 0 amide bonds. The number of nitrogens with two attached hydrogens (primary N) is 1. The number of hydrogen-bond acceptors (Lipinski definition) is 2. The summed E-state index contributed by atoms with van der Waals surface area (Å²) in [6, 6.07) is -0.731. The van der Waals surface area contributed by atoms with Crippen LogP contribution in [0, 0.1) is 0 Å². The average Bonchev–Trinajstić information content (AvgIpc) is 2.54. The van der Waals surface area contributed by atoms with Crippen LogP contribution in [-0.2, 0) is 4.79 Å². The van der Waals surface area contributed by atoms with Crippen LogP contribution in [-0.4, -0.2) is 47.8 Å². The van der Waals surface area contributed by atoms with Gasteiger partial charge in [-0.05, 0) is 32.6 Å². The van der Waals surface area contributed by atoms with E-state index in [2.05, 4.69) is 27.7 Å². The molecular formula is C19H43N2O2+. The molecule has 23 heavy (non-hydrogen) atoms. The molecule has 0 bridgehead atoms. The minimum Gasteiger partial charge on any atom is -0.480 e. The van der Waals surface area contributed by atoms with Crippen molar-refractivity contribution < 1.29 is 14.4 Å². The monoisotopic (exact) mass is 331 g/mol. The van der Waals surface area contributed by atoms with E-state index < -0.39 is 12.0 Å². The van der Waals surface area contributed by atoms with Crippen molar-refractivity contribution in [1.82, 2.24) is 0 Å². The van der Waals surface area contributed by atoms with Gasteiger partial charge in [0.1, 0.15) is 6.04 Å². The highest BCUT2D eigenvalue weighted by Gasteiger charge is 2.24. The molecule has 0 aromatic rings. The molecule has 140 valence electrons. The standard InChI is InChI=1S/C16H36N.C3H7NO2/c1-5-9-13-17(14-10-6-2,15-11-7-3)16-12-8-4;1-2(4)3(5)6/h5-16H2,1-4H3;2H,4H2,1H3,(H,5,6)/q+1;/t;2-/m.0/s1. The van der Waals surface area contributed by atoms with E-state index in [1.807, 2.05) is 0 Å². The quantitative estimate of drug-likeness (QED) is 0.491. The first-order valence-corrected chi connectivity index (χ1v) is 9.72. The molecule has 0 unspecified atom stereocenters. The first-order chi connectivity index (χ1) is 10.9. The van der Waals surface area contributed by atoms with Gasteiger partial charge in [-0.15, -0.1) is 0 Å². The Hall–Kier alpha value is -0.610. The Morgan fingerprint density at radius 1 is 0.826 bits per heavy atom. The lowest BCUT2D eigenvalue weighted by Gasteiger charge is -2.39. The molecule has 0 aromatic heterocycles. The lowest BCUT2D eigenvalue weighted by Crippen LogP contribution is -2.50. The van der Waals surface area contributed by atoms with E-state index in [-0.39, 0.29) is 0 Å². The van der Waals surface area contributed by atoms with Crippen LogP contribution in [0.2, 0.25) is 0 Å². The van der Waals surface area contributed by atoms with Gasteiger partial charge >= 0.3 is 5.97 Å². The zero-order valence-electron chi connectivity index (χ0n) is 16.4. The van der Waals surface area contributed by atoms with Gasteiger partial charge in [0.2, 0.25) is 0 Å². The molecule has 0 saturated carbocycles. The van der Waals surface area contributed by atoms with Gasteiger partial charge in [-0.2, -0.15) is 0 Å². The fourth-order valence-electron chi connectivity index (χ4n) is 2.64. The molecule has 4 nitrogen and oxygen atoms in total. The molecule has 1 atom stereocenters. The zero-order valence-corrected chi connectivity index (χ0v) is 16.4. The van der Waals surface area contributed by atoms with Crippen molar-refractivity contribution in [1.29, 1.82) is 0 Å². The summed E-state index contributed by atoms with van der Waals surface area (Å²) in [6.07, 6.45) is 11.1. The van der Waals surface area contributed by atoms with Crippen molar-refractivity contribution in [2.45, 2.75) is 92.0 Å². The number of nitrogens with zero attached hydrogens (tertiary/aromatic N) is 1. The Morgan fingerprint density at radius 3 is 1.17 bits per heavy atom. The smallest absolute Gasteiger partial charge is 0.320 e. The van der Waals surface area contributed by atoms with Crippen LogP contribution in [0.15, 0.2) is 0 Å². The van der Waals surface area contributed by atoms with Crippen molar-refractivity contribution in [3.63, 3.8) is 0 Å². The molecule has 0 aliphatic carbocycles. The normalized spacial score (nSPS) is 12.4. The number of quaternary nitrogens is 1. The highest BCUT2D eigenvalue weighted by atomic mass is 16.4. The molecule has 0 radical (unpaired) electrons. The maximum atomic E-state index is 9.57. The van der Waals surface area contributed by atoms with E-state index in [4.69, 9.17) is 10.8 Å². The van der Waals surface area contributed by atoms with Crippen LogP contribution in [0.1, 0.15) is 86.0 Å². The third-order valence-corrected chi connectivity index (χ3v) is 4.33. The number of carbonyl (C=O) groups is 1. The van der Waals surface area contributed by atoms with E-state index >= 15 is 0 Å². The van der Waals surface area contributed by atoms with Crippen molar-refractivity contribution in [3.8, 4) is 0 Å². The number of carboxylic acid groups (broad SMARTS) is 1. The van der Waals surface area contributed by atoms with Crippen LogP contribution in [0.25, 0.3) is 0 Å². The molecule has 3 N–H and O–H groups in total. The summed E-state index contributed by atoms with van der Waals surface area (Å²) in [5.41, 5.74) is 4.84. The Kier molecular flexibility index (Phi) is 17.4. The van der Waals surface area contributed by atoms with E-state index in [1.54, 1.807) is 0 Å². The highest BCUT2D eigenvalue weighted by Crippen LogP contribution is 2.16. The summed E-state index contributed by atoms with van der Waals surface area (Å²) in [5.74, 6) is -0.963. The second kappa shape index (κ2) is 16.3. The first-order valence-electron chi connectivity index (χ1n) is 9.72. The Bertz CT molecular complexity index is 231. The van der Waals surface area contributed by atoms with Crippen LogP contribution in [0.4, 0.5) is 0 Å². The van der Waals surface area contributed by atoms with Gasteiger partial charge in [0.05, 0.1) is 26.2 Å². The highest BCUT2D eigenvalue weighted by molar-refractivity contribution is 5.72. The molecule has 0 heterocycles. The number of rotatable bonds is 13. The largest absolute Gasteiger partial charge is 0.480 e. The number of hydrogen-bond donors (Lipinski definition) is 2. The van der Waals surface area contributed by atoms with Crippen molar-refractivity contribution in [2.75, 3.05) is 26.2 Å². The van der Waals surface area contributed by atoms with Gasteiger partial charge < -0.3 is 15.3 Å². The van der Waals surface area contributed by atoms with Crippen LogP contribution < -0.4 is 5.73 Å². The number of aliphatic carboxylic acids is 1. The maximum absolute atomic E-state index is 9.57. The molecule has 4 heteroatoms. The van der Waals surface area contributed by atoms with Crippen LogP contribution in [0.3, 0.4) is 0 Å². The third kappa shape index (κ3) is 14.7. The minimum atomic E-state index is -0.963. The summed E-state index contributed by atoms with van der Waals surface area (Å²) >= 11 is 0. The molecule has 0 saturated heterocycles. The van der Waals surface area contributed by atoms with Gasteiger partial charge in [0, 0.05) is 0 Å². The van der Waals surface area contributed by atoms with Gasteiger partial charge in [0.15, 0.2) is 0 Å². The van der Waals surface area contributed by atoms with Gasteiger partial charge in [-0.1, -0.05) is 53.4 Å². The molecular weight excluding hydrogens is 288 g/mol. The fourth-order valence-corrected chi connectivity index (χ4v) is 2.64. The van der Waals surface area contributed by atoms with E-state index in [0.29, 0.717) is 0 Å². The topological polar surface area (TPSA) is 63.3 Å². The summed E-state index contributed by atoms with van der Waals surface area (Å²) in [5, 5.41) is 7.87. The maximum Gasteiger partial charge on any atom is 0.320 e.